The maximum Gasteiger partial charge on any atom is 0.164 e. The predicted octanol–water partition coefficient (Wildman–Crippen LogP) is 13.1. The molecule has 0 aliphatic rings. The van der Waals surface area contributed by atoms with Crippen LogP contribution in [0.15, 0.2) is 199 Å². The molecule has 0 radical (unpaired) electrons. The van der Waals surface area contributed by atoms with Gasteiger partial charge < -0.3 is 9.32 Å². The number of hydrogen-bond acceptors (Lipinski definition) is 5. The number of anilines is 3. The lowest BCUT2D eigenvalue weighted by Gasteiger charge is -2.25. The first-order valence-corrected chi connectivity index (χ1v) is 18.0. The van der Waals surface area contributed by atoms with Crippen LogP contribution in [-0.4, -0.2) is 15.0 Å². The van der Waals surface area contributed by atoms with Crippen LogP contribution in [0.5, 0.6) is 0 Å². The van der Waals surface area contributed by atoms with Crippen molar-refractivity contribution in [3.8, 4) is 45.3 Å². The van der Waals surface area contributed by atoms with Gasteiger partial charge in [0.2, 0.25) is 0 Å². The summed E-state index contributed by atoms with van der Waals surface area (Å²) >= 11 is 0. The second-order valence-electron chi connectivity index (χ2n) is 13.2. The molecule has 254 valence electrons. The molecule has 5 heteroatoms. The molecule has 2 heterocycles. The molecule has 0 saturated heterocycles. The molecule has 0 amide bonds. The summed E-state index contributed by atoms with van der Waals surface area (Å²) in [7, 11) is 0. The van der Waals surface area contributed by atoms with E-state index in [4.69, 9.17) is 19.4 Å². The second-order valence-corrected chi connectivity index (χ2v) is 13.2. The molecule has 0 aliphatic heterocycles. The molecule has 0 fully saturated rings. The fourth-order valence-electron chi connectivity index (χ4n) is 7.34. The average molecular weight is 693 g/mol. The smallest absolute Gasteiger partial charge is 0.164 e. The molecule has 0 spiro atoms. The van der Waals surface area contributed by atoms with E-state index in [1.165, 1.54) is 11.1 Å². The Hall–Kier alpha value is -7.37. The van der Waals surface area contributed by atoms with Gasteiger partial charge in [-0.25, -0.2) is 15.0 Å². The number of furan rings is 1. The molecule has 5 nitrogen and oxygen atoms in total. The van der Waals surface area contributed by atoms with E-state index in [0.717, 1.165) is 66.5 Å². The maximum atomic E-state index is 6.67. The lowest BCUT2D eigenvalue weighted by Crippen LogP contribution is -2.09. The van der Waals surface area contributed by atoms with E-state index in [9.17, 15) is 0 Å². The largest absolute Gasteiger partial charge is 0.456 e. The van der Waals surface area contributed by atoms with Gasteiger partial charge in [-0.1, -0.05) is 146 Å². The van der Waals surface area contributed by atoms with Crippen molar-refractivity contribution in [2.24, 2.45) is 0 Å². The van der Waals surface area contributed by atoms with Crippen LogP contribution >= 0.6 is 0 Å². The number of aromatic nitrogens is 3. The third kappa shape index (κ3) is 5.65. The Balaban J connectivity index is 1.15. The van der Waals surface area contributed by atoms with Gasteiger partial charge in [-0.2, -0.15) is 0 Å². The van der Waals surface area contributed by atoms with Gasteiger partial charge in [-0.05, 0) is 70.4 Å². The number of benzene rings is 8. The van der Waals surface area contributed by atoms with Crippen molar-refractivity contribution in [1.82, 2.24) is 15.0 Å². The number of para-hydroxylation sites is 1. The minimum atomic E-state index is 0.594. The minimum absolute atomic E-state index is 0.594. The highest BCUT2D eigenvalue weighted by molar-refractivity contribution is 6.22. The molecule has 8 aromatic carbocycles. The van der Waals surface area contributed by atoms with Crippen LogP contribution in [-0.2, 0) is 0 Å². The fraction of sp³-hybridized carbons (Fsp3) is 0. The Bertz CT molecular complexity index is 2850. The summed E-state index contributed by atoms with van der Waals surface area (Å²) in [5.41, 5.74) is 9.88. The van der Waals surface area contributed by atoms with Gasteiger partial charge in [0.25, 0.3) is 0 Å². The van der Waals surface area contributed by atoms with Crippen molar-refractivity contribution >= 4 is 49.8 Å². The molecule has 10 rings (SSSR count). The van der Waals surface area contributed by atoms with Gasteiger partial charge in [-0.15, -0.1) is 0 Å². The second kappa shape index (κ2) is 13.3. The van der Waals surface area contributed by atoms with Crippen molar-refractivity contribution in [3.05, 3.63) is 194 Å². The molecule has 0 atom stereocenters. The van der Waals surface area contributed by atoms with Crippen LogP contribution < -0.4 is 4.90 Å². The monoisotopic (exact) mass is 692 g/mol. The van der Waals surface area contributed by atoms with Crippen molar-refractivity contribution < 1.29 is 4.42 Å². The molecule has 0 aliphatic carbocycles. The molecule has 2 aromatic heterocycles. The highest BCUT2D eigenvalue weighted by atomic mass is 16.3. The first-order valence-electron chi connectivity index (χ1n) is 18.0. The standard InChI is InChI=1S/C49H32N4O/c1-5-15-33(16-6-1)34-25-27-38(28-26-34)53(37-21-11-4-12-22-37)39-29-30-44-43(31-39)46-41-24-14-13-23-40(41)42(32-45(46)54-44)49-51-47(35-17-7-2-8-18-35)50-48(52-49)36-19-9-3-10-20-36/h1-32H. The zero-order valence-electron chi connectivity index (χ0n) is 29.2. The summed E-state index contributed by atoms with van der Waals surface area (Å²) in [6.45, 7) is 0. The Kier molecular flexibility index (Phi) is 7.73. The fourth-order valence-corrected chi connectivity index (χ4v) is 7.34. The van der Waals surface area contributed by atoms with Crippen LogP contribution in [0.4, 0.5) is 17.1 Å². The van der Waals surface area contributed by atoms with Gasteiger partial charge >= 0.3 is 0 Å². The van der Waals surface area contributed by atoms with Crippen LogP contribution in [0.2, 0.25) is 0 Å². The van der Waals surface area contributed by atoms with Crippen molar-refractivity contribution in [2.75, 3.05) is 4.90 Å². The first kappa shape index (κ1) is 31.4. The average Bonchev–Trinajstić information content (AvgIpc) is 3.63. The first-order chi connectivity index (χ1) is 26.8. The summed E-state index contributed by atoms with van der Waals surface area (Å²) in [6.07, 6.45) is 0. The van der Waals surface area contributed by atoms with Crippen LogP contribution in [0.1, 0.15) is 0 Å². The Morgan fingerprint density at radius 1 is 0.333 bits per heavy atom. The van der Waals surface area contributed by atoms with E-state index in [-0.39, 0.29) is 0 Å². The van der Waals surface area contributed by atoms with Gasteiger partial charge in [0.15, 0.2) is 17.5 Å². The highest BCUT2D eigenvalue weighted by Crippen LogP contribution is 2.43. The Morgan fingerprint density at radius 2 is 0.815 bits per heavy atom. The lowest BCUT2D eigenvalue weighted by atomic mass is 9.98. The van der Waals surface area contributed by atoms with Gasteiger partial charge in [-0.3, -0.25) is 0 Å². The highest BCUT2D eigenvalue weighted by Gasteiger charge is 2.21. The quantitative estimate of drug-likeness (QED) is 0.166. The van der Waals surface area contributed by atoms with Crippen LogP contribution in [0, 0.1) is 0 Å². The minimum Gasteiger partial charge on any atom is -0.456 e. The lowest BCUT2D eigenvalue weighted by molar-refractivity contribution is 0.669. The van der Waals surface area contributed by atoms with E-state index in [2.05, 4.69) is 132 Å². The normalized spacial score (nSPS) is 11.3. The Morgan fingerprint density at radius 3 is 1.44 bits per heavy atom. The predicted molar refractivity (Wildman–Crippen MR) is 221 cm³/mol. The molecular formula is C49H32N4O. The Labute approximate surface area is 312 Å². The summed E-state index contributed by atoms with van der Waals surface area (Å²) in [5.74, 6) is 1.84. The molecule has 54 heavy (non-hydrogen) atoms. The summed E-state index contributed by atoms with van der Waals surface area (Å²) in [6, 6.07) is 66.9. The molecule has 0 N–H and O–H groups in total. The van der Waals surface area contributed by atoms with E-state index >= 15 is 0 Å². The number of fused-ring (bicyclic) bond motifs is 5. The number of hydrogen-bond donors (Lipinski definition) is 0. The van der Waals surface area contributed by atoms with E-state index in [1.807, 2.05) is 66.7 Å². The van der Waals surface area contributed by atoms with Crippen LogP contribution in [0.25, 0.3) is 78.0 Å². The van der Waals surface area contributed by atoms with E-state index < -0.39 is 0 Å². The zero-order valence-corrected chi connectivity index (χ0v) is 29.2. The third-order valence-electron chi connectivity index (χ3n) is 9.91. The van der Waals surface area contributed by atoms with Crippen molar-refractivity contribution in [1.29, 1.82) is 0 Å². The molecule has 0 unspecified atom stereocenters. The van der Waals surface area contributed by atoms with E-state index in [1.54, 1.807) is 0 Å². The molecule has 10 aromatic rings. The molecule has 0 bridgehead atoms. The summed E-state index contributed by atoms with van der Waals surface area (Å²) in [4.78, 5) is 17.4. The van der Waals surface area contributed by atoms with Gasteiger partial charge in [0, 0.05) is 44.5 Å². The van der Waals surface area contributed by atoms with Crippen LogP contribution in [0.3, 0.4) is 0 Å². The SMILES string of the molecule is c1ccc(-c2ccc(N(c3ccccc3)c3ccc4oc5cc(-c6nc(-c7ccccc7)nc(-c7ccccc7)n6)c6ccccc6c5c4c3)cc2)cc1. The van der Waals surface area contributed by atoms with Crippen molar-refractivity contribution in [2.45, 2.75) is 0 Å². The summed E-state index contributed by atoms with van der Waals surface area (Å²) in [5, 5.41) is 4.21. The number of nitrogens with zero attached hydrogens (tertiary/aromatic N) is 4. The third-order valence-corrected chi connectivity index (χ3v) is 9.91. The molecule has 0 saturated carbocycles. The van der Waals surface area contributed by atoms with Gasteiger partial charge in [0.1, 0.15) is 11.2 Å². The van der Waals surface area contributed by atoms with Crippen molar-refractivity contribution in [3.63, 3.8) is 0 Å². The maximum absolute atomic E-state index is 6.67. The topological polar surface area (TPSA) is 55.1 Å². The van der Waals surface area contributed by atoms with Gasteiger partial charge in [0.05, 0.1) is 0 Å². The summed E-state index contributed by atoms with van der Waals surface area (Å²) < 4.78 is 6.67. The number of rotatable bonds is 7. The van der Waals surface area contributed by atoms with E-state index in [0.29, 0.717) is 17.5 Å². The molecular weight excluding hydrogens is 661 g/mol. The zero-order chi connectivity index (χ0) is 35.8.